The van der Waals surface area contributed by atoms with Gasteiger partial charge in [0.25, 0.3) is 0 Å². The van der Waals surface area contributed by atoms with Gasteiger partial charge < -0.3 is 14.2 Å². The summed E-state index contributed by atoms with van der Waals surface area (Å²) in [6, 6.07) is 0. The van der Waals surface area contributed by atoms with Gasteiger partial charge in [0.05, 0.1) is 0 Å². The fourth-order valence-electron chi connectivity index (χ4n) is 2.11. The molecule has 0 bridgehead atoms. The van der Waals surface area contributed by atoms with Gasteiger partial charge in [-0.3, -0.25) is 0 Å². The maximum Gasteiger partial charge on any atom is 0.183 e. The molecule has 0 aromatic heterocycles. The van der Waals surface area contributed by atoms with Gasteiger partial charge in [-0.15, -0.1) is 0 Å². The van der Waals surface area contributed by atoms with Gasteiger partial charge in [0.2, 0.25) is 0 Å². The first-order chi connectivity index (χ1) is 6.24. The molecule has 1 saturated heterocycles. The number of hydrogen-bond donors (Lipinski definition) is 0. The summed E-state index contributed by atoms with van der Waals surface area (Å²) in [6.45, 7) is 2.88. The third-order valence-electron chi connectivity index (χ3n) is 3.13. The molecule has 0 aromatic carbocycles. The molecular weight excluding hydrogens is 168 g/mol. The van der Waals surface area contributed by atoms with E-state index in [0.717, 1.165) is 18.8 Å². The van der Waals surface area contributed by atoms with Gasteiger partial charge in [-0.2, -0.15) is 0 Å². The minimum Gasteiger partial charge on any atom is -0.353 e. The highest BCUT2D eigenvalue weighted by atomic mass is 16.8. The molecule has 1 aliphatic heterocycles. The highest BCUT2D eigenvalue weighted by Crippen LogP contribution is 2.39. The van der Waals surface area contributed by atoms with E-state index < -0.39 is 0 Å². The minimum absolute atomic E-state index is 0.145. The zero-order valence-corrected chi connectivity index (χ0v) is 8.41. The van der Waals surface area contributed by atoms with Gasteiger partial charge in [-0.25, -0.2) is 0 Å². The average Bonchev–Trinajstić information content (AvgIpc) is 2.55. The van der Waals surface area contributed by atoms with Crippen molar-refractivity contribution in [2.24, 2.45) is 5.92 Å². The van der Waals surface area contributed by atoms with Crippen LogP contribution < -0.4 is 0 Å². The quantitative estimate of drug-likeness (QED) is 0.626. The summed E-state index contributed by atoms with van der Waals surface area (Å²) in [5, 5.41) is 0. The maximum absolute atomic E-state index is 5.74. The Bertz CT molecular complexity index is 173. The van der Waals surface area contributed by atoms with Crippen LogP contribution in [0.4, 0.5) is 0 Å². The van der Waals surface area contributed by atoms with Crippen molar-refractivity contribution in [3.63, 3.8) is 0 Å². The van der Waals surface area contributed by atoms with Crippen molar-refractivity contribution < 1.29 is 14.2 Å². The van der Waals surface area contributed by atoms with E-state index in [4.69, 9.17) is 14.2 Å². The fourth-order valence-corrected chi connectivity index (χ4v) is 2.11. The summed E-state index contributed by atoms with van der Waals surface area (Å²) in [6.07, 6.45) is 4.31. The average molecular weight is 186 g/mol. The second kappa shape index (κ2) is 3.56. The summed E-state index contributed by atoms with van der Waals surface area (Å²) in [5.41, 5.74) is 0. The van der Waals surface area contributed by atoms with Crippen LogP contribution in [0.2, 0.25) is 0 Å². The van der Waals surface area contributed by atoms with Crippen LogP contribution in [-0.2, 0) is 14.2 Å². The highest BCUT2D eigenvalue weighted by molar-refractivity contribution is 4.82. The minimum atomic E-state index is -0.298. The summed E-state index contributed by atoms with van der Waals surface area (Å²) in [4.78, 5) is 0. The van der Waals surface area contributed by atoms with Gasteiger partial charge in [0.1, 0.15) is 6.61 Å². The summed E-state index contributed by atoms with van der Waals surface area (Å²) < 4.78 is 16.5. The number of ether oxygens (including phenoxy) is 3. The lowest BCUT2D eigenvalue weighted by Gasteiger charge is -2.34. The van der Waals surface area contributed by atoms with E-state index in [1.165, 1.54) is 12.8 Å². The predicted octanol–water partition coefficient (Wildman–Crippen LogP) is 1.91. The lowest BCUT2D eigenvalue weighted by atomic mass is 9.86. The van der Waals surface area contributed by atoms with Gasteiger partial charge >= 0.3 is 0 Å². The largest absolute Gasteiger partial charge is 0.353 e. The number of methoxy groups -OCH3 is 1. The first-order valence-electron chi connectivity index (χ1n) is 5.09. The van der Waals surface area contributed by atoms with E-state index >= 15 is 0 Å². The van der Waals surface area contributed by atoms with Gasteiger partial charge in [0, 0.05) is 20.0 Å². The number of hydrogen-bond acceptors (Lipinski definition) is 3. The maximum atomic E-state index is 5.74. The lowest BCUT2D eigenvalue weighted by Crippen LogP contribution is -2.35. The Labute approximate surface area is 79.4 Å². The van der Waals surface area contributed by atoms with Crippen LogP contribution in [0.1, 0.15) is 32.6 Å². The molecule has 76 valence electrons. The van der Waals surface area contributed by atoms with Crippen LogP contribution in [0.3, 0.4) is 0 Å². The van der Waals surface area contributed by atoms with Gasteiger partial charge in [-0.1, -0.05) is 6.92 Å². The van der Waals surface area contributed by atoms with Crippen molar-refractivity contribution in [1.29, 1.82) is 0 Å². The topological polar surface area (TPSA) is 27.7 Å². The third-order valence-corrected chi connectivity index (χ3v) is 3.13. The molecule has 1 aliphatic carbocycles. The Morgan fingerprint density at radius 3 is 2.54 bits per heavy atom. The Morgan fingerprint density at radius 2 is 2.00 bits per heavy atom. The Kier molecular flexibility index (Phi) is 2.58. The van der Waals surface area contributed by atoms with Crippen molar-refractivity contribution in [2.45, 2.75) is 44.7 Å². The molecule has 2 fully saturated rings. The van der Waals surface area contributed by atoms with E-state index in [0.29, 0.717) is 6.61 Å². The standard InChI is InChI=1S/C10H18O3/c1-8-3-5-10(6-4-8)12-7-9(11-2)13-10/h8-9H,3-7H2,1-2H3. The van der Waals surface area contributed by atoms with Crippen molar-refractivity contribution in [2.75, 3.05) is 13.7 Å². The molecule has 0 amide bonds. The van der Waals surface area contributed by atoms with Gasteiger partial charge in [-0.05, 0) is 18.8 Å². The van der Waals surface area contributed by atoms with E-state index in [-0.39, 0.29) is 12.1 Å². The molecule has 2 aliphatic rings. The molecule has 1 heterocycles. The normalized spacial score (nSPS) is 45.7. The van der Waals surface area contributed by atoms with Crippen LogP contribution >= 0.6 is 0 Å². The molecule has 0 radical (unpaired) electrons. The molecule has 1 atom stereocenters. The Morgan fingerprint density at radius 1 is 1.31 bits per heavy atom. The predicted molar refractivity (Wildman–Crippen MR) is 48.2 cm³/mol. The zero-order valence-electron chi connectivity index (χ0n) is 8.41. The van der Waals surface area contributed by atoms with Crippen LogP contribution in [-0.4, -0.2) is 25.8 Å². The zero-order chi connectivity index (χ0) is 9.31. The molecular formula is C10H18O3. The van der Waals surface area contributed by atoms with E-state index in [2.05, 4.69) is 6.92 Å². The van der Waals surface area contributed by atoms with Crippen LogP contribution in [0.25, 0.3) is 0 Å². The molecule has 1 saturated carbocycles. The first-order valence-corrected chi connectivity index (χ1v) is 5.09. The molecule has 0 N–H and O–H groups in total. The summed E-state index contributed by atoms with van der Waals surface area (Å²) in [5.74, 6) is 0.520. The molecule has 2 rings (SSSR count). The highest BCUT2D eigenvalue weighted by Gasteiger charge is 2.43. The third kappa shape index (κ3) is 1.87. The molecule has 0 aromatic rings. The van der Waals surface area contributed by atoms with Gasteiger partial charge in [0.15, 0.2) is 12.1 Å². The number of rotatable bonds is 1. The van der Waals surface area contributed by atoms with E-state index in [1.54, 1.807) is 7.11 Å². The summed E-state index contributed by atoms with van der Waals surface area (Å²) in [7, 11) is 1.67. The fraction of sp³-hybridized carbons (Fsp3) is 1.00. The van der Waals surface area contributed by atoms with Crippen LogP contribution in [0, 0.1) is 5.92 Å². The van der Waals surface area contributed by atoms with E-state index in [1.807, 2.05) is 0 Å². The Hall–Kier alpha value is -0.120. The molecule has 3 heteroatoms. The summed E-state index contributed by atoms with van der Waals surface area (Å²) >= 11 is 0. The first kappa shape index (κ1) is 9.44. The molecule has 13 heavy (non-hydrogen) atoms. The second-order valence-electron chi connectivity index (χ2n) is 4.19. The molecule has 1 spiro atoms. The Balaban J connectivity index is 1.92. The van der Waals surface area contributed by atoms with Crippen molar-refractivity contribution >= 4 is 0 Å². The van der Waals surface area contributed by atoms with Crippen molar-refractivity contribution in [3.05, 3.63) is 0 Å². The van der Waals surface area contributed by atoms with Crippen LogP contribution in [0.5, 0.6) is 0 Å². The molecule has 3 nitrogen and oxygen atoms in total. The van der Waals surface area contributed by atoms with Crippen molar-refractivity contribution in [1.82, 2.24) is 0 Å². The monoisotopic (exact) mass is 186 g/mol. The SMILES string of the molecule is COC1COC2(CCC(C)CC2)O1. The van der Waals surface area contributed by atoms with E-state index in [9.17, 15) is 0 Å². The molecule has 1 unspecified atom stereocenters. The smallest absolute Gasteiger partial charge is 0.183 e. The van der Waals surface area contributed by atoms with Crippen LogP contribution in [0.15, 0.2) is 0 Å². The lowest BCUT2D eigenvalue weighted by molar-refractivity contribution is -0.222. The second-order valence-corrected chi connectivity index (χ2v) is 4.19. The van der Waals surface area contributed by atoms with Crippen molar-refractivity contribution in [3.8, 4) is 0 Å².